The average Bonchev–Trinajstić information content (AvgIpc) is 2.26. The lowest BCUT2D eigenvalue weighted by molar-refractivity contribution is -0.384. The van der Waals surface area contributed by atoms with Gasteiger partial charge in [0.2, 0.25) is 5.91 Å². The molecule has 0 spiro atoms. The first kappa shape index (κ1) is 14.7. The van der Waals surface area contributed by atoms with Crippen LogP contribution in [-0.2, 0) is 11.0 Å². The van der Waals surface area contributed by atoms with Gasteiger partial charge in [-0.2, -0.15) is 13.2 Å². The quantitative estimate of drug-likeness (QED) is 0.676. The van der Waals surface area contributed by atoms with Crippen molar-refractivity contribution < 1.29 is 22.9 Å². The van der Waals surface area contributed by atoms with Crippen LogP contribution in [0.1, 0.15) is 17.5 Å². The maximum Gasteiger partial charge on any atom is 0.416 e. The standard InChI is InChI=1S/C11H9F3N2O3/c12-11(13,14)9-5-4-8(16(18)19)6-7(9)2-1-3-10(15)17/h1-2,4-6H,3H2,(H2,15,17). The van der Waals surface area contributed by atoms with Gasteiger partial charge >= 0.3 is 6.18 Å². The molecule has 0 heterocycles. The molecule has 0 atom stereocenters. The summed E-state index contributed by atoms with van der Waals surface area (Å²) in [5, 5.41) is 10.5. The van der Waals surface area contributed by atoms with E-state index in [0.717, 1.165) is 24.3 Å². The molecule has 0 saturated carbocycles. The van der Waals surface area contributed by atoms with Gasteiger partial charge in [0.15, 0.2) is 0 Å². The zero-order valence-corrected chi connectivity index (χ0v) is 9.48. The van der Waals surface area contributed by atoms with Crippen molar-refractivity contribution in [1.82, 2.24) is 0 Å². The van der Waals surface area contributed by atoms with E-state index in [1.54, 1.807) is 0 Å². The van der Waals surface area contributed by atoms with E-state index in [4.69, 9.17) is 5.73 Å². The molecule has 1 rings (SSSR count). The van der Waals surface area contributed by atoms with Gasteiger partial charge in [-0.3, -0.25) is 14.9 Å². The van der Waals surface area contributed by atoms with Gasteiger partial charge < -0.3 is 5.73 Å². The maximum atomic E-state index is 12.7. The van der Waals surface area contributed by atoms with Gasteiger partial charge in [-0.1, -0.05) is 12.2 Å². The van der Waals surface area contributed by atoms with Gasteiger partial charge in [0.1, 0.15) is 0 Å². The molecule has 0 fully saturated rings. The third-order valence-corrected chi connectivity index (χ3v) is 2.17. The van der Waals surface area contributed by atoms with Crippen molar-refractivity contribution in [3.63, 3.8) is 0 Å². The van der Waals surface area contributed by atoms with Crippen molar-refractivity contribution >= 4 is 17.7 Å². The number of non-ortho nitro benzene ring substituents is 1. The number of hydrogen-bond acceptors (Lipinski definition) is 3. The monoisotopic (exact) mass is 274 g/mol. The molecule has 0 aromatic heterocycles. The molecule has 0 unspecified atom stereocenters. The summed E-state index contributed by atoms with van der Waals surface area (Å²) in [6, 6.07) is 2.19. The van der Waals surface area contributed by atoms with Crippen LogP contribution in [0.2, 0.25) is 0 Å². The zero-order valence-electron chi connectivity index (χ0n) is 9.48. The Balaban J connectivity index is 3.22. The third-order valence-electron chi connectivity index (χ3n) is 2.17. The van der Waals surface area contributed by atoms with Gasteiger partial charge in [0, 0.05) is 18.6 Å². The number of nitro benzene ring substituents is 1. The number of benzene rings is 1. The Morgan fingerprint density at radius 2 is 2.05 bits per heavy atom. The minimum Gasteiger partial charge on any atom is -0.369 e. The highest BCUT2D eigenvalue weighted by Crippen LogP contribution is 2.34. The molecule has 0 aliphatic heterocycles. The topological polar surface area (TPSA) is 86.2 Å². The zero-order chi connectivity index (χ0) is 14.6. The average molecular weight is 274 g/mol. The number of nitrogens with two attached hydrogens (primary N) is 1. The second-order valence-electron chi connectivity index (χ2n) is 3.60. The van der Waals surface area contributed by atoms with Gasteiger partial charge in [-0.15, -0.1) is 0 Å². The largest absolute Gasteiger partial charge is 0.416 e. The van der Waals surface area contributed by atoms with E-state index in [1.165, 1.54) is 0 Å². The van der Waals surface area contributed by atoms with Crippen LogP contribution in [0.5, 0.6) is 0 Å². The Labute approximate surface area is 105 Å². The number of halogens is 3. The van der Waals surface area contributed by atoms with E-state index < -0.39 is 28.3 Å². The number of carbonyl (C=O) groups excluding carboxylic acids is 1. The van der Waals surface area contributed by atoms with Gasteiger partial charge in [-0.05, 0) is 11.6 Å². The number of alkyl halides is 3. The van der Waals surface area contributed by atoms with Crippen molar-refractivity contribution in [3.05, 3.63) is 45.5 Å². The first-order valence-corrected chi connectivity index (χ1v) is 5.02. The van der Waals surface area contributed by atoms with Crippen LogP contribution < -0.4 is 5.73 Å². The summed E-state index contributed by atoms with van der Waals surface area (Å²) in [5.74, 6) is -0.713. The molecule has 1 amide bonds. The molecule has 0 aliphatic rings. The van der Waals surface area contributed by atoms with Gasteiger partial charge in [-0.25, -0.2) is 0 Å². The van der Waals surface area contributed by atoms with E-state index in [-0.39, 0.29) is 12.0 Å². The molecule has 0 bridgehead atoms. The lowest BCUT2D eigenvalue weighted by Crippen LogP contribution is -2.09. The second kappa shape index (κ2) is 5.51. The Morgan fingerprint density at radius 3 is 2.53 bits per heavy atom. The highest BCUT2D eigenvalue weighted by molar-refractivity contribution is 5.76. The highest BCUT2D eigenvalue weighted by Gasteiger charge is 2.33. The lowest BCUT2D eigenvalue weighted by atomic mass is 10.1. The summed E-state index contributed by atoms with van der Waals surface area (Å²) in [6.07, 6.45) is -2.78. The Hall–Kier alpha value is -2.38. The number of hydrogen-bond donors (Lipinski definition) is 1. The molecule has 0 saturated heterocycles. The molecule has 5 nitrogen and oxygen atoms in total. The number of nitro groups is 1. The second-order valence-corrected chi connectivity index (χ2v) is 3.60. The summed E-state index contributed by atoms with van der Waals surface area (Å²) in [4.78, 5) is 20.2. The van der Waals surface area contributed by atoms with Crippen molar-refractivity contribution in [1.29, 1.82) is 0 Å². The van der Waals surface area contributed by atoms with Crippen LogP contribution in [0.4, 0.5) is 18.9 Å². The predicted molar refractivity (Wildman–Crippen MR) is 60.9 cm³/mol. The summed E-state index contributed by atoms with van der Waals surface area (Å²) in [6.45, 7) is 0. The minimum atomic E-state index is -4.64. The molecule has 19 heavy (non-hydrogen) atoms. The predicted octanol–water partition coefficient (Wildman–Crippen LogP) is 2.50. The first-order chi connectivity index (χ1) is 8.71. The molecule has 8 heteroatoms. The molecular formula is C11H9F3N2O3. The van der Waals surface area contributed by atoms with Gasteiger partial charge in [0.25, 0.3) is 5.69 Å². The van der Waals surface area contributed by atoms with Crippen LogP contribution in [0.3, 0.4) is 0 Å². The molecule has 0 aliphatic carbocycles. The van der Waals surface area contributed by atoms with Crippen LogP contribution in [0.25, 0.3) is 6.08 Å². The summed E-state index contributed by atoms with van der Waals surface area (Å²) < 4.78 is 38.0. The summed E-state index contributed by atoms with van der Waals surface area (Å²) in [5.41, 5.74) is 2.97. The Kier molecular flexibility index (Phi) is 4.26. The van der Waals surface area contributed by atoms with Crippen molar-refractivity contribution in [2.24, 2.45) is 5.73 Å². The molecule has 2 N–H and O–H groups in total. The summed E-state index contributed by atoms with van der Waals surface area (Å²) in [7, 11) is 0. The minimum absolute atomic E-state index is 0.250. The van der Waals surface area contributed by atoms with Crippen LogP contribution in [0.15, 0.2) is 24.3 Å². The van der Waals surface area contributed by atoms with Gasteiger partial charge in [0.05, 0.1) is 10.5 Å². The van der Waals surface area contributed by atoms with E-state index in [9.17, 15) is 28.1 Å². The molecule has 1 aromatic rings. The molecule has 1 aromatic carbocycles. The first-order valence-electron chi connectivity index (χ1n) is 5.02. The Bertz CT molecular complexity index is 538. The van der Waals surface area contributed by atoms with Crippen molar-refractivity contribution in [3.8, 4) is 0 Å². The highest BCUT2D eigenvalue weighted by atomic mass is 19.4. The smallest absolute Gasteiger partial charge is 0.369 e. The molecule has 102 valence electrons. The van der Waals surface area contributed by atoms with E-state index in [0.29, 0.717) is 6.07 Å². The van der Waals surface area contributed by atoms with E-state index in [1.807, 2.05) is 0 Å². The fourth-order valence-corrected chi connectivity index (χ4v) is 1.36. The summed E-state index contributed by atoms with van der Waals surface area (Å²) >= 11 is 0. The number of nitrogens with zero attached hydrogens (tertiary/aromatic N) is 1. The number of carbonyl (C=O) groups is 1. The van der Waals surface area contributed by atoms with Crippen LogP contribution >= 0.6 is 0 Å². The number of amides is 1. The third kappa shape index (κ3) is 4.09. The number of rotatable bonds is 4. The van der Waals surface area contributed by atoms with Crippen molar-refractivity contribution in [2.45, 2.75) is 12.6 Å². The van der Waals surface area contributed by atoms with Crippen LogP contribution in [0, 0.1) is 10.1 Å². The normalized spacial score (nSPS) is 11.7. The van der Waals surface area contributed by atoms with Crippen LogP contribution in [-0.4, -0.2) is 10.8 Å². The van der Waals surface area contributed by atoms with E-state index >= 15 is 0 Å². The molecular weight excluding hydrogens is 265 g/mol. The lowest BCUT2D eigenvalue weighted by Gasteiger charge is -2.09. The number of primary amides is 1. The fourth-order valence-electron chi connectivity index (χ4n) is 1.36. The van der Waals surface area contributed by atoms with E-state index in [2.05, 4.69) is 0 Å². The molecule has 0 radical (unpaired) electrons. The Morgan fingerprint density at radius 1 is 1.42 bits per heavy atom. The van der Waals surface area contributed by atoms with Crippen molar-refractivity contribution in [2.75, 3.05) is 0 Å². The maximum absolute atomic E-state index is 12.7. The fraction of sp³-hybridized carbons (Fsp3) is 0.182. The SMILES string of the molecule is NC(=O)CC=Cc1cc([N+](=O)[O-])ccc1C(F)(F)F.